The molecule has 5 heteroatoms. The molecule has 0 atom stereocenters. The summed E-state index contributed by atoms with van der Waals surface area (Å²) < 4.78 is 6.69. The van der Waals surface area contributed by atoms with E-state index in [4.69, 9.17) is 4.74 Å². The molecule has 2 N–H and O–H groups in total. The first kappa shape index (κ1) is 16.5. The van der Waals surface area contributed by atoms with Crippen molar-refractivity contribution >= 4 is 27.5 Å². The summed E-state index contributed by atoms with van der Waals surface area (Å²) in [7, 11) is 0. The molecule has 1 fully saturated rings. The zero-order valence-corrected chi connectivity index (χ0v) is 13.8. The molecule has 1 saturated carbocycles. The van der Waals surface area contributed by atoms with Crippen molar-refractivity contribution in [3.8, 4) is 0 Å². The molecule has 0 radical (unpaired) electrons. The van der Waals surface area contributed by atoms with Crippen molar-refractivity contribution in [1.29, 1.82) is 0 Å². The molecule has 0 aromatic heterocycles. The molecule has 0 heterocycles. The number of amides is 1. The summed E-state index contributed by atoms with van der Waals surface area (Å²) in [6.07, 6.45) is 6.70. The lowest BCUT2D eigenvalue weighted by atomic mass is 9.98. The first-order valence-electron chi connectivity index (χ1n) is 7.62. The van der Waals surface area contributed by atoms with Gasteiger partial charge in [-0.15, -0.1) is 0 Å². The van der Waals surface area contributed by atoms with Gasteiger partial charge in [0, 0.05) is 11.0 Å². The normalized spacial score (nSPS) is 15.9. The van der Waals surface area contributed by atoms with Crippen LogP contribution in [0.25, 0.3) is 0 Å². The number of ether oxygens (including phenoxy) is 1. The Balaban J connectivity index is 1.56. The molecule has 0 aliphatic heterocycles. The fourth-order valence-electron chi connectivity index (χ4n) is 2.49. The third kappa shape index (κ3) is 6.16. The molecule has 2 rings (SSSR count). The summed E-state index contributed by atoms with van der Waals surface area (Å²) in [5.74, 6) is -0.0421. The van der Waals surface area contributed by atoms with Crippen LogP contribution in [0.4, 0.5) is 5.69 Å². The second-order valence-electron chi connectivity index (χ2n) is 5.34. The summed E-state index contributed by atoms with van der Waals surface area (Å²) in [5, 5.41) is 5.97. The summed E-state index contributed by atoms with van der Waals surface area (Å²) in [4.78, 5) is 11.8. The van der Waals surface area contributed by atoms with E-state index in [9.17, 15) is 4.79 Å². The van der Waals surface area contributed by atoms with Crippen LogP contribution in [0.2, 0.25) is 0 Å². The molecule has 1 amide bonds. The third-order valence-electron chi connectivity index (χ3n) is 3.62. The van der Waals surface area contributed by atoms with Crippen LogP contribution in [0, 0.1) is 0 Å². The highest BCUT2D eigenvalue weighted by Crippen LogP contribution is 2.21. The summed E-state index contributed by atoms with van der Waals surface area (Å²) in [6.45, 7) is 1.68. The Labute approximate surface area is 134 Å². The highest BCUT2D eigenvalue weighted by molar-refractivity contribution is 9.10. The van der Waals surface area contributed by atoms with Gasteiger partial charge in [0.05, 0.1) is 24.9 Å². The lowest BCUT2D eigenvalue weighted by Crippen LogP contribution is -2.31. The molecule has 116 valence electrons. The molecule has 0 spiro atoms. The first-order valence-corrected chi connectivity index (χ1v) is 8.41. The standard InChI is InChI=1S/C16H23BrN2O2/c17-14-8-4-5-9-15(14)19-16(20)12-18-10-11-21-13-6-2-1-3-7-13/h4-5,8-9,13,18H,1-3,6-7,10-12H2,(H,19,20). The number of nitrogens with one attached hydrogen (secondary N) is 2. The van der Waals surface area contributed by atoms with Crippen LogP contribution in [0.15, 0.2) is 28.7 Å². The van der Waals surface area contributed by atoms with Gasteiger partial charge in [0.1, 0.15) is 0 Å². The zero-order valence-electron chi connectivity index (χ0n) is 12.2. The molecule has 21 heavy (non-hydrogen) atoms. The van der Waals surface area contributed by atoms with Crippen molar-refractivity contribution in [2.75, 3.05) is 25.0 Å². The average Bonchev–Trinajstić information content (AvgIpc) is 2.50. The predicted molar refractivity (Wildman–Crippen MR) is 88.5 cm³/mol. The van der Waals surface area contributed by atoms with Crippen LogP contribution in [0.3, 0.4) is 0 Å². The molecular weight excluding hydrogens is 332 g/mol. The number of benzene rings is 1. The molecule has 1 aliphatic carbocycles. The summed E-state index contributed by atoms with van der Waals surface area (Å²) in [5.41, 5.74) is 0.794. The van der Waals surface area contributed by atoms with E-state index < -0.39 is 0 Å². The maximum Gasteiger partial charge on any atom is 0.238 e. The molecule has 4 nitrogen and oxygen atoms in total. The van der Waals surface area contributed by atoms with Crippen LogP contribution >= 0.6 is 15.9 Å². The van der Waals surface area contributed by atoms with E-state index in [0.29, 0.717) is 25.8 Å². The first-order chi connectivity index (χ1) is 10.3. The minimum Gasteiger partial charge on any atom is -0.377 e. The second-order valence-corrected chi connectivity index (χ2v) is 6.19. The van der Waals surface area contributed by atoms with Crippen molar-refractivity contribution in [2.24, 2.45) is 0 Å². The summed E-state index contributed by atoms with van der Waals surface area (Å²) in [6, 6.07) is 7.58. The van der Waals surface area contributed by atoms with Gasteiger partial charge < -0.3 is 15.4 Å². The Morgan fingerprint density at radius 2 is 2.00 bits per heavy atom. The van der Waals surface area contributed by atoms with Crippen LogP contribution in [-0.2, 0) is 9.53 Å². The van der Waals surface area contributed by atoms with Crippen LogP contribution in [0.1, 0.15) is 32.1 Å². The molecule has 1 aromatic carbocycles. The van der Waals surface area contributed by atoms with Crippen molar-refractivity contribution in [2.45, 2.75) is 38.2 Å². The molecular formula is C16H23BrN2O2. The van der Waals surface area contributed by atoms with Gasteiger partial charge >= 0.3 is 0 Å². The lowest BCUT2D eigenvalue weighted by Gasteiger charge is -2.21. The number of carbonyl (C=O) groups excluding carboxylic acids is 1. The van der Waals surface area contributed by atoms with Gasteiger partial charge in [-0.25, -0.2) is 0 Å². The molecule has 1 aliphatic rings. The highest BCUT2D eigenvalue weighted by atomic mass is 79.9. The quantitative estimate of drug-likeness (QED) is 0.738. The van der Waals surface area contributed by atoms with Gasteiger partial charge in [-0.3, -0.25) is 4.79 Å². The van der Waals surface area contributed by atoms with E-state index in [0.717, 1.165) is 10.2 Å². The average molecular weight is 355 g/mol. The highest BCUT2D eigenvalue weighted by Gasteiger charge is 2.13. The van der Waals surface area contributed by atoms with Crippen molar-refractivity contribution in [1.82, 2.24) is 5.32 Å². The van der Waals surface area contributed by atoms with E-state index in [1.165, 1.54) is 32.1 Å². The Bertz CT molecular complexity index is 448. The van der Waals surface area contributed by atoms with Crippen molar-refractivity contribution in [3.63, 3.8) is 0 Å². The number of halogens is 1. The van der Waals surface area contributed by atoms with E-state index in [2.05, 4.69) is 26.6 Å². The monoisotopic (exact) mass is 354 g/mol. The molecule has 0 unspecified atom stereocenters. The van der Waals surface area contributed by atoms with Gasteiger partial charge in [0.25, 0.3) is 0 Å². The summed E-state index contributed by atoms with van der Waals surface area (Å²) >= 11 is 3.41. The topological polar surface area (TPSA) is 50.4 Å². The second kappa shape index (κ2) is 9.18. The number of hydrogen-bond acceptors (Lipinski definition) is 3. The van der Waals surface area contributed by atoms with Gasteiger partial charge in [-0.1, -0.05) is 31.4 Å². The fourth-order valence-corrected chi connectivity index (χ4v) is 2.87. The van der Waals surface area contributed by atoms with Crippen molar-refractivity contribution in [3.05, 3.63) is 28.7 Å². The number of hydrogen-bond donors (Lipinski definition) is 2. The van der Waals surface area contributed by atoms with Crippen LogP contribution in [-0.4, -0.2) is 31.7 Å². The van der Waals surface area contributed by atoms with Gasteiger partial charge in [-0.05, 0) is 40.9 Å². The van der Waals surface area contributed by atoms with Gasteiger partial charge in [0.2, 0.25) is 5.91 Å². The minimum absolute atomic E-state index is 0.0421. The smallest absolute Gasteiger partial charge is 0.238 e. The third-order valence-corrected chi connectivity index (χ3v) is 4.31. The largest absolute Gasteiger partial charge is 0.377 e. The SMILES string of the molecule is O=C(CNCCOC1CCCCC1)Nc1ccccc1Br. The van der Waals surface area contributed by atoms with Gasteiger partial charge in [-0.2, -0.15) is 0 Å². The Morgan fingerprint density at radius 1 is 1.24 bits per heavy atom. The van der Waals surface area contributed by atoms with Crippen LogP contribution in [0.5, 0.6) is 0 Å². The Kier molecular flexibility index (Phi) is 7.19. The van der Waals surface area contributed by atoms with E-state index >= 15 is 0 Å². The Hall–Kier alpha value is -0.910. The lowest BCUT2D eigenvalue weighted by molar-refractivity contribution is -0.115. The van der Waals surface area contributed by atoms with E-state index in [1.807, 2.05) is 24.3 Å². The number of para-hydroxylation sites is 1. The van der Waals surface area contributed by atoms with E-state index in [-0.39, 0.29) is 5.91 Å². The molecule has 1 aromatic rings. The molecule has 0 saturated heterocycles. The van der Waals surface area contributed by atoms with Crippen LogP contribution < -0.4 is 10.6 Å². The minimum atomic E-state index is -0.0421. The number of anilines is 1. The van der Waals surface area contributed by atoms with Crippen molar-refractivity contribution < 1.29 is 9.53 Å². The van der Waals surface area contributed by atoms with E-state index in [1.54, 1.807) is 0 Å². The number of rotatable bonds is 7. The maximum atomic E-state index is 11.8. The fraction of sp³-hybridized carbons (Fsp3) is 0.562. The maximum absolute atomic E-state index is 11.8. The predicted octanol–water partition coefficient (Wildman–Crippen LogP) is 3.33. The number of carbonyl (C=O) groups is 1. The zero-order chi connectivity index (χ0) is 14.9. The van der Waals surface area contributed by atoms with Gasteiger partial charge in [0.15, 0.2) is 0 Å². The molecule has 0 bridgehead atoms. The Morgan fingerprint density at radius 3 is 2.76 bits per heavy atom.